The lowest BCUT2D eigenvalue weighted by Crippen LogP contribution is -2.25. The molecule has 0 amide bonds. The van der Waals surface area contributed by atoms with Crippen molar-refractivity contribution in [2.24, 2.45) is 10.8 Å². The van der Waals surface area contributed by atoms with E-state index in [1.165, 1.54) is 27.8 Å². The Morgan fingerprint density at radius 2 is 1.52 bits per heavy atom. The van der Waals surface area contributed by atoms with E-state index < -0.39 is 0 Å². The summed E-state index contributed by atoms with van der Waals surface area (Å²) in [4.78, 5) is 11.6. The number of ketones is 1. The summed E-state index contributed by atoms with van der Waals surface area (Å²) in [6.07, 6.45) is 5.88. The summed E-state index contributed by atoms with van der Waals surface area (Å²) in [6.45, 7) is 8.52. The minimum absolute atomic E-state index is 0.00303. The van der Waals surface area contributed by atoms with Gasteiger partial charge in [-0.05, 0) is 41.2 Å². The third-order valence-corrected chi connectivity index (χ3v) is 5.68. The van der Waals surface area contributed by atoms with Crippen LogP contribution < -0.4 is 0 Å². The van der Waals surface area contributed by atoms with Gasteiger partial charge < -0.3 is 0 Å². The molecule has 0 aromatic heterocycles. The van der Waals surface area contributed by atoms with Crippen molar-refractivity contribution in [3.05, 3.63) is 82.9 Å². The Hall–Kier alpha value is -2.41. The van der Waals surface area contributed by atoms with E-state index in [1.54, 1.807) is 6.92 Å². The number of rotatable bonds is 2. The predicted octanol–water partition coefficient (Wildman–Crippen LogP) is 5.96. The maximum Gasteiger partial charge on any atom is 0.159 e. The molecule has 0 aliphatic heterocycles. The zero-order valence-electron chi connectivity index (χ0n) is 15.4. The van der Waals surface area contributed by atoms with E-state index in [4.69, 9.17) is 0 Å². The van der Waals surface area contributed by atoms with Crippen LogP contribution in [0.3, 0.4) is 0 Å². The number of hydrogen-bond acceptors (Lipinski definition) is 1. The molecule has 126 valence electrons. The lowest BCUT2D eigenvalue weighted by Gasteiger charge is -2.38. The number of allylic oxidation sites excluding steroid dienone is 4. The maximum absolute atomic E-state index is 11.6. The second-order valence-electron chi connectivity index (χ2n) is 8.24. The highest BCUT2D eigenvalue weighted by Crippen LogP contribution is 2.58. The van der Waals surface area contributed by atoms with Gasteiger partial charge in [0.15, 0.2) is 5.78 Å². The molecule has 0 N–H and O–H groups in total. The van der Waals surface area contributed by atoms with Crippen molar-refractivity contribution in [3.8, 4) is 0 Å². The monoisotopic (exact) mass is 328 g/mol. The molecule has 0 saturated heterocycles. The largest absolute Gasteiger partial charge is 0.295 e. The van der Waals surface area contributed by atoms with Gasteiger partial charge in [-0.2, -0.15) is 0 Å². The van der Waals surface area contributed by atoms with E-state index in [0.717, 1.165) is 12.0 Å². The van der Waals surface area contributed by atoms with Crippen molar-refractivity contribution in [1.29, 1.82) is 0 Å². The van der Waals surface area contributed by atoms with Gasteiger partial charge in [-0.15, -0.1) is 0 Å². The standard InChI is InChI=1S/C24H24O/c1-16(25)17-9-11-18(12-10-17)21-14-23(2,3)15-22-20-8-6-5-7-19(20)13-24(21,22)4/h5-12,14-15H,13H2,1-4H3. The zero-order chi connectivity index (χ0) is 17.8. The molecule has 2 aromatic rings. The van der Waals surface area contributed by atoms with Crippen molar-refractivity contribution in [2.45, 2.75) is 34.1 Å². The summed E-state index contributed by atoms with van der Waals surface area (Å²) >= 11 is 0. The quantitative estimate of drug-likeness (QED) is 0.622. The molecule has 1 heteroatoms. The Morgan fingerprint density at radius 3 is 2.20 bits per heavy atom. The molecule has 1 nitrogen and oxygen atoms in total. The van der Waals surface area contributed by atoms with Gasteiger partial charge in [-0.1, -0.05) is 81.5 Å². The minimum Gasteiger partial charge on any atom is -0.295 e. The number of carbonyl (C=O) groups is 1. The van der Waals surface area contributed by atoms with Crippen LogP contribution in [-0.4, -0.2) is 5.78 Å². The number of hydrogen-bond donors (Lipinski definition) is 0. The highest BCUT2D eigenvalue weighted by molar-refractivity contribution is 5.96. The molecule has 4 rings (SSSR count). The number of fused-ring (bicyclic) bond motifs is 3. The van der Waals surface area contributed by atoms with Gasteiger partial charge in [0.2, 0.25) is 0 Å². The van der Waals surface area contributed by atoms with Crippen molar-refractivity contribution in [2.75, 3.05) is 0 Å². The fraction of sp³-hybridized carbons (Fsp3) is 0.292. The normalized spacial score (nSPS) is 23.4. The molecular weight excluding hydrogens is 304 g/mol. The molecular formula is C24H24O. The summed E-state index contributed by atoms with van der Waals surface area (Å²) in [5, 5.41) is 0. The molecule has 1 atom stereocenters. The summed E-state index contributed by atoms with van der Waals surface area (Å²) in [5.74, 6) is 0.115. The molecule has 25 heavy (non-hydrogen) atoms. The summed E-state index contributed by atoms with van der Waals surface area (Å²) in [5.41, 5.74) is 7.65. The fourth-order valence-electron chi connectivity index (χ4n) is 4.42. The highest BCUT2D eigenvalue weighted by atomic mass is 16.1. The predicted molar refractivity (Wildman–Crippen MR) is 104 cm³/mol. The molecule has 0 saturated carbocycles. The average molecular weight is 328 g/mol. The average Bonchev–Trinajstić information content (AvgIpc) is 2.86. The van der Waals surface area contributed by atoms with Crippen LogP contribution in [0, 0.1) is 10.8 Å². The first-order chi connectivity index (χ1) is 11.8. The van der Waals surface area contributed by atoms with Crippen LogP contribution in [0.15, 0.2) is 60.7 Å². The van der Waals surface area contributed by atoms with Gasteiger partial charge in [0.1, 0.15) is 0 Å². The number of Topliss-reactive ketones (excluding diaryl/α,β-unsaturated/α-hetero) is 1. The van der Waals surface area contributed by atoms with Crippen LogP contribution in [-0.2, 0) is 6.42 Å². The van der Waals surface area contributed by atoms with E-state index in [-0.39, 0.29) is 16.6 Å². The van der Waals surface area contributed by atoms with Crippen molar-refractivity contribution in [3.63, 3.8) is 0 Å². The van der Waals surface area contributed by atoms with Crippen molar-refractivity contribution >= 4 is 16.9 Å². The SMILES string of the molecule is CC(=O)c1ccc(C2=CC(C)(C)C=C3c4ccccc4CC23C)cc1. The lowest BCUT2D eigenvalue weighted by atomic mass is 9.65. The Kier molecular flexibility index (Phi) is 3.40. The highest BCUT2D eigenvalue weighted by Gasteiger charge is 2.44. The van der Waals surface area contributed by atoms with Crippen LogP contribution >= 0.6 is 0 Å². The first kappa shape index (κ1) is 16.1. The third kappa shape index (κ3) is 2.50. The van der Waals surface area contributed by atoms with Gasteiger partial charge in [0.25, 0.3) is 0 Å². The van der Waals surface area contributed by atoms with Crippen LogP contribution in [0.1, 0.15) is 54.7 Å². The van der Waals surface area contributed by atoms with E-state index in [0.29, 0.717) is 0 Å². The van der Waals surface area contributed by atoms with E-state index in [9.17, 15) is 4.79 Å². The van der Waals surface area contributed by atoms with Gasteiger partial charge in [-0.3, -0.25) is 4.79 Å². The maximum atomic E-state index is 11.6. The molecule has 0 radical (unpaired) electrons. The smallest absolute Gasteiger partial charge is 0.159 e. The fourth-order valence-corrected chi connectivity index (χ4v) is 4.42. The topological polar surface area (TPSA) is 17.1 Å². The summed E-state index contributed by atoms with van der Waals surface area (Å²) in [6, 6.07) is 16.9. The van der Waals surface area contributed by atoms with Crippen LogP contribution in [0.2, 0.25) is 0 Å². The summed E-state index contributed by atoms with van der Waals surface area (Å²) in [7, 11) is 0. The minimum atomic E-state index is -0.00303. The summed E-state index contributed by atoms with van der Waals surface area (Å²) < 4.78 is 0. The first-order valence-electron chi connectivity index (χ1n) is 8.96. The van der Waals surface area contributed by atoms with E-state index >= 15 is 0 Å². The van der Waals surface area contributed by atoms with Crippen molar-refractivity contribution in [1.82, 2.24) is 0 Å². The van der Waals surface area contributed by atoms with Gasteiger partial charge in [0, 0.05) is 16.4 Å². The molecule has 0 spiro atoms. The van der Waals surface area contributed by atoms with E-state index in [2.05, 4.69) is 69.3 Å². The molecule has 2 aliphatic carbocycles. The van der Waals surface area contributed by atoms with Gasteiger partial charge in [0.05, 0.1) is 0 Å². The first-order valence-corrected chi connectivity index (χ1v) is 8.96. The van der Waals surface area contributed by atoms with Gasteiger partial charge in [-0.25, -0.2) is 0 Å². The van der Waals surface area contributed by atoms with E-state index in [1.807, 2.05) is 12.1 Å². The Balaban J connectivity index is 1.86. The second kappa shape index (κ2) is 5.29. The van der Waals surface area contributed by atoms with Crippen LogP contribution in [0.5, 0.6) is 0 Å². The number of benzene rings is 2. The number of carbonyl (C=O) groups excluding carboxylic acids is 1. The van der Waals surface area contributed by atoms with Gasteiger partial charge >= 0.3 is 0 Å². The molecule has 1 unspecified atom stereocenters. The van der Waals surface area contributed by atoms with Crippen LogP contribution in [0.25, 0.3) is 11.1 Å². The molecule has 0 heterocycles. The molecule has 2 aliphatic rings. The molecule has 2 aromatic carbocycles. The Labute approximate surface area is 150 Å². The lowest BCUT2D eigenvalue weighted by molar-refractivity contribution is 0.101. The Morgan fingerprint density at radius 1 is 0.880 bits per heavy atom. The third-order valence-electron chi connectivity index (χ3n) is 5.68. The second-order valence-corrected chi connectivity index (χ2v) is 8.24. The molecule has 0 fully saturated rings. The Bertz CT molecular complexity index is 925. The zero-order valence-corrected chi connectivity index (χ0v) is 15.4. The molecule has 0 bridgehead atoms. The van der Waals surface area contributed by atoms with Crippen LogP contribution in [0.4, 0.5) is 0 Å². The van der Waals surface area contributed by atoms with Crippen molar-refractivity contribution < 1.29 is 4.79 Å².